The lowest BCUT2D eigenvalue weighted by atomic mass is 10.2. The third kappa shape index (κ3) is 3.65. The molecule has 0 N–H and O–H groups in total. The summed E-state index contributed by atoms with van der Waals surface area (Å²) in [4.78, 5) is 5.27. The van der Waals surface area contributed by atoms with Crippen LogP contribution in [-0.4, -0.2) is 9.19 Å². The molecule has 0 aliphatic carbocycles. The van der Waals surface area contributed by atoms with Gasteiger partial charge in [-0.15, -0.1) is 11.3 Å². The number of aromatic nitrogens is 1. The van der Waals surface area contributed by atoms with E-state index < -0.39 is 10.8 Å². The lowest BCUT2D eigenvalue weighted by Gasteiger charge is -2.00. The van der Waals surface area contributed by atoms with Gasteiger partial charge < -0.3 is 4.42 Å². The Morgan fingerprint density at radius 1 is 1.24 bits per heavy atom. The SMILES string of the molecule is O=S(Cc1cccc(F)c1)Cc1coc(-c2cccs2)n1. The molecule has 2 heterocycles. The molecule has 0 aliphatic heterocycles. The van der Waals surface area contributed by atoms with Crippen molar-refractivity contribution in [3.05, 3.63) is 65.1 Å². The van der Waals surface area contributed by atoms with Gasteiger partial charge in [0, 0.05) is 16.6 Å². The van der Waals surface area contributed by atoms with Gasteiger partial charge in [-0.25, -0.2) is 9.37 Å². The fraction of sp³-hybridized carbons (Fsp3) is 0.133. The van der Waals surface area contributed by atoms with E-state index in [1.54, 1.807) is 12.1 Å². The van der Waals surface area contributed by atoms with Gasteiger partial charge in [-0.2, -0.15) is 0 Å². The molecule has 0 spiro atoms. The van der Waals surface area contributed by atoms with E-state index in [1.165, 1.54) is 29.7 Å². The Balaban J connectivity index is 1.65. The molecule has 0 saturated carbocycles. The molecule has 0 fully saturated rings. The van der Waals surface area contributed by atoms with Crippen LogP contribution in [0, 0.1) is 5.82 Å². The van der Waals surface area contributed by atoms with Gasteiger partial charge in [0.1, 0.15) is 12.1 Å². The van der Waals surface area contributed by atoms with E-state index in [4.69, 9.17) is 4.42 Å². The Morgan fingerprint density at radius 2 is 2.14 bits per heavy atom. The summed E-state index contributed by atoms with van der Waals surface area (Å²) in [6.07, 6.45) is 1.53. The molecular weight excluding hydrogens is 309 g/mol. The summed E-state index contributed by atoms with van der Waals surface area (Å²) >= 11 is 1.54. The number of halogens is 1. The summed E-state index contributed by atoms with van der Waals surface area (Å²) < 4.78 is 30.6. The van der Waals surface area contributed by atoms with Crippen LogP contribution in [0.1, 0.15) is 11.3 Å². The predicted octanol–water partition coefficient (Wildman–Crippen LogP) is 3.99. The summed E-state index contributed by atoms with van der Waals surface area (Å²) in [6.45, 7) is 0. The first-order valence-corrected chi connectivity index (χ1v) is 8.65. The smallest absolute Gasteiger partial charge is 0.236 e. The zero-order valence-electron chi connectivity index (χ0n) is 11.0. The lowest BCUT2D eigenvalue weighted by Crippen LogP contribution is -2.00. The molecule has 21 heavy (non-hydrogen) atoms. The van der Waals surface area contributed by atoms with Gasteiger partial charge in [-0.3, -0.25) is 4.21 Å². The van der Waals surface area contributed by atoms with Crippen LogP contribution >= 0.6 is 11.3 Å². The van der Waals surface area contributed by atoms with Crippen LogP contribution in [0.5, 0.6) is 0 Å². The third-order valence-corrected chi connectivity index (χ3v) is 4.94. The van der Waals surface area contributed by atoms with Gasteiger partial charge in [-0.1, -0.05) is 18.2 Å². The minimum Gasteiger partial charge on any atom is -0.444 e. The van der Waals surface area contributed by atoms with Crippen LogP contribution in [0.3, 0.4) is 0 Å². The Labute approximate surface area is 127 Å². The largest absolute Gasteiger partial charge is 0.444 e. The average Bonchev–Trinajstić information content (AvgIpc) is 3.08. The van der Waals surface area contributed by atoms with Crippen molar-refractivity contribution in [3.8, 4) is 10.8 Å². The third-order valence-electron chi connectivity index (χ3n) is 2.81. The maximum absolute atomic E-state index is 13.1. The number of thiophene rings is 1. The van der Waals surface area contributed by atoms with Crippen molar-refractivity contribution in [1.82, 2.24) is 4.98 Å². The highest BCUT2D eigenvalue weighted by Crippen LogP contribution is 2.24. The average molecular weight is 321 g/mol. The van der Waals surface area contributed by atoms with E-state index in [9.17, 15) is 8.60 Å². The minimum absolute atomic E-state index is 0.297. The molecule has 1 atom stereocenters. The number of hydrogen-bond donors (Lipinski definition) is 0. The van der Waals surface area contributed by atoms with Gasteiger partial charge >= 0.3 is 0 Å². The van der Waals surface area contributed by atoms with E-state index in [-0.39, 0.29) is 5.82 Å². The highest BCUT2D eigenvalue weighted by atomic mass is 32.2. The Bertz CT molecular complexity index is 753. The zero-order valence-corrected chi connectivity index (χ0v) is 12.6. The molecular formula is C15H12FNO2S2. The number of benzene rings is 1. The van der Waals surface area contributed by atoms with Crippen LogP contribution in [0.15, 0.2) is 52.5 Å². The monoisotopic (exact) mass is 321 g/mol. The van der Waals surface area contributed by atoms with Crippen molar-refractivity contribution in [1.29, 1.82) is 0 Å². The van der Waals surface area contributed by atoms with E-state index in [0.717, 1.165) is 10.4 Å². The van der Waals surface area contributed by atoms with Crippen molar-refractivity contribution in [2.75, 3.05) is 0 Å². The quantitative estimate of drug-likeness (QED) is 0.713. The first kappa shape index (κ1) is 14.2. The molecule has 0 radical (unpaired) electrons. The Hall–Kier alpha value is -1.79. The number of nitrogens with zero attached hydrogens (tertiary/aromatic N) is 1. The molecule has 3 nitrogen and oxygen atoms in total. The highest BCUT2D eigenvalue weighted by Gasteiger charge is 2.11. The van der Waals surface area contributed by atoms with Crippen LogP contribution < -0.4 is 0 Å². The lowest BCUT2D eigenvalue weighted by molar-refractivity contribution is 0.574. The van der Waals surface area contributed by atoms with Crippen LogP contribution in [0.2, 0.25) is 0 Å². The van der Waals surface area contributed by atoms with Crippen molar-refractivity contribution in [2.24, 2.45) is 0 Å². The van der Waals surface area contributed by atoms with Gasteiger partial charge in [0.15, 0.2) is 0 Å². The Morgan fingerprint density at radius 3 is 2.90 bits per heavy atom. The van der Waals surface area contributed by atoms with Crippen molar-refractivity contribution in [3.63, 3.8) is 0 Å². The molecule has 0 saturated heterocycles. The second-order valence-corrected chi connectivity index (χ2v) is 6.88. The maximum Gasteiger partial charge on any atom is 0.236 e. The maximum atomic E-state index is 13.1. The number of oxazole rings is 1. The van der Waals surface area contributed by atoms with Gasteiger partial charge in [0.2, 0.25) is 5.89 Å². The number of hydrogen-bond acceptors (Lipinski definition) is 4. The van der Waals surface area contributed by atoms with E-state index >= 15 is 0 Å². The summed E-state index contributed by atoms with van der Waals surface area (Å²) in [5, 5.41) is 1.95. The van der Waals surface area contributed by atoms with Crippen LogP contribution in [0.25, 0.3) is 10.8 Å². The normalized spacial score (nSPS) is 12.4. The topological polar surface area (TPSA) is 43.1 Å². The second-order valence-electron chi connectivity index (χ2n) is 4.48. The first-order valence-electron chi connectivity index (χ1n) is 6.28. The van der Waals surface area contributed by atoms with Crippen molar-refractivity contribution in [2.45, 2.75) is 11.5 Å². The molecule has 1 aromatic carbocycles. The van der Waals surface area contributed by atoms with Crippen molar-refractivity contribution < 1.29 is 13.0 Å². The van der Waals surface area contributed by atoms with E-state index in [1.807, 2.05) is 17.5 Å². The van der Waals surface area contributed by atoms with E-state index in [0.29, 0.717) is 23.1 Å². The highest BCUT2D eigenvalue weighted by molar-refractivity contribution is 7.83. The molecule has 0 aliphatic rings. The standard InChI is InChI=1S/C15H12FNO2S2/c16-12-4-1-3-11(7-12)9-21(18)10-13-8-19-15(17-13)14-5-2-6-20-14/h1-8H,9-10H2. The summed E-state index contributed by atoms with van der Waals surface area (Å²) in [7, 11) is -1.15. The summed E-state index contributed by atoms with van der Waals surface area (Å²) in [5.41, 5.74) is 1.36. The fourth-order valence-electron chi connectivity index (χ4n) is 1.92. The molecule has 0 bridgehead atoms. The molecule has 3 rings (SSSR count). The van der Waals surface area contributed by atoms with Crippen LogP contribution in [0.4, 0.5) is 4.39 Å². The fourth-order valence-corrected chi connectivity index (χ4v) is 3.69. The number of rotatable bonds is 5. The van der Waals surface area contributed by atoms with Gasteiger partial charge in [0.25, 0.3) is 0 Å². The van der Waals surface area contributed by atoms with Gasteiger partial charge in [-0.05, 0) is 29.1 Å². The van der Waals surface area contributed by atoms with E-state index in [2.05, 4.69) is 4.98 Å². The predicted molar refractivity (Wildman–Crippen MR) is 81.8 cm³/mol. The second kappa shape index (κ2) is 6.32. The molecule has 2 aromatic heterocycles. The summed E-state index contributed by atoms with van der Waals surface area (Å²) in [5.74, 6) is 0.832. The first-order chi connectivity index (χ1) is 10.2. The van der Waals surface area contributed by atoms with Gasteiger partial charge in [0.05, 0.1) is 16.3 Å². The summed E-state index contributed by atoms with van der Waals surface area (Å²) in [6, 6.07) is 10.00. The van der Waals surface area contributed by atoms with Crippen molar-refractivity contribution >= 4 is 22.1 Å². The molecule has 3 aromatic rings. The molecule has 0 amide bonds. The zero-order chi connectivity index (χ0) is 14.7. The van der Waals surface area contributed by atoms with Crippen LogP contribution in [-0.2, 0) is 22.3 Å². The molecule has 1 unspecified atom stereocenters. The minimum atomic E-state index is -1.15. The molecule has 6 heteroatoms. The Kier molecular flexibility index (Phi) is 4.26. The molecule has 108 valence electrons.